The SMILES string of the molecule is CCCCCC(NCC)C1C2CCCC21. The predicted molar refractivity (Wildman–Crippen MR) is 65.9 cm³/mol. The Morgan fingerprint density at radius 2 is 1.87 bits per heavy atom. The summed E-state index contributed by atoms with van der Waals surface area (Å²) in [5.41, 5.74) is 0. The van der Waals surface area contributed by atoms with Crippen LogP contribution in [-0.4, -0.2) is 12.6 Å². The first kappa shape index (κ1) is 11.4. The zero-order valence-electron chi connectivity index (χ0n) is 10.5. The first-order valence-corrected chi connectivity index (χ1v) is 7.11. The van der Waals surface area contributed by atoms with Crippen LogP contribution >= 0.6 is 0 Å². The van der Waals surface area contributed by atoms with Crippen LogP contribution in [0.5, 0.6) is 0 Å². The van der Waals surface area contributed by atoms with Crippen LogP contribution in [0.2, 0.25) is 0 Å². The highest BCUT2D eigenvalue weighted by Crippen LogP contribution is 2.59. The summed E-state index contributed by atoms with van der Waals surface area (Å²) in [5.74, 6) is 3.31. The van der Waals surface area contributed by atoms with Crippen molar-refractivity contribution in [3.63, 3.8) is 0 Å². The molecule has 2 rings (SSSR count). The second-order valence-electron chi connectivity index (χ2n) is 5.50. The Hall–Kier alpha value is -0.0400. The van der Waals surface area contributed by atoms with Crippen LogP contribution in [0.1, 0.15) is 58.8 Å². The molecule has 0 saturated heterocycles. The molecule has 1 heteroatoms. The van der Waals surface area contributed by atoms with Crippen molar-refractivity contribution >= 4 is 0 Å². The third-order valence-corrected chi connectivity index (χ3v) is 4.52. The molecule has 0 spiro atoms. The van der Waals surface area contributed by atoms with Crippen molar-refractivity contribution in [3.8, 4) is 0 Å². The van der Waals surface area contributed by atoms with E-state index in [1.54, 1.807) is 0 Å². The minimum Gasteiger partial charge on any atom is -0.314 e. The molecule has 0 amide bonds. The second-order valence-corrected chi connectivity index (χ2v) is 5.50. The standard InChI is InChI=1S/C14H27N/c1-3-5-6-10-13(15-4-2)14-11-8-7-9-12(11)14/h11-15H,3-10H2,1-2H3. The third-order valence-electron chi connectivity index (χ3n) is 4.52. The highest BCUT2D eigenvalue weighted by atomic mass is 14.9. The Bertz CT molecular complexity index is 180. The van der Waals surface area contributed by atoms with Crippen LogP contribution in [-0.2, 0) is 0 Å². The molecule has 0 heterocycles. The van der Waals surface area contributed by atoms with E-state index >= 15 is 0 Å². The monoisotopic (exact) mass is 209 g/mol. The van der Waals surface area contributed by atoms with Gasteiger partial charge < -0.3 is 5.32 Å². The lowest BCUT2D eigenvalue weighted by atomic mass is 9.98. The second kappa shape index (κ2) is 5.34. The Balaban J connectivity index is 1.74. The molecule has 2 saturated carbocycles. The van der Waals surface area contributed by atoms with E-state index in [2.05, 4.69) is 19.2 Å². The average molecular weight is 209 g/mol. The summed E-state index contributed by atoms with van der Waals surface area (Å²) in [6, 6.07) is 0.858. The highest BCUT2D eigenvalue weighted by Gasteiger charge is 2.55. The van der Waals surface area contributed by atoms with E-state index < -0.39 is 0 Å². The normalized spacial score (nSPS) is 35.2. The Labute approximate surface area is 95.0 Å². The molecule has 0 radical (unpaired) electrons. The number of hydrogen-bond donors (Lipinski definition) is 1. The van der Waals surface area contributed by atoms with Gasteiger partial charge in [0.05, 0.1) is 0 Å². The Morgan fingerprint density at radius 1 is 1.13 bits per heavy atom. The van der Waals surface area contributed by atoms with Crippen molar-refractivity contribution in [2.24, 2.45) is 17.8 Å². The molecule has 2 aliphatic carbocycles. The average Bonchev–Trinajstić information content (AvgIpc) is 2.71. The van der Waals surface area contributed by atoms with E-state index in [0.29, 0.717) is 0 Å². The lowest BCUT2D eigenvalue weighted by Gasteiger charge is -2.19. The molecule has 0 aliphatic heterocycles. The quantitative estimate of drug-likeness (QED) is 0.632. The third kappa shape index (κ3) is 2.55. The van der Waals surface area contributed by atoms with E-state index in [4.69, 9.17) is 0 Å². The summed E-state index contributed by atoms with van der Waals surface area (Å²) in [7, 11) is 0. The summed E-state index contributed by atoms with van der Waals surface area (Å²) in [5, 5.41) is 3.73. The first-order chi connectivity index (χ1) is 7.38. The molecule has 1 N–H and O–H groups in total. The van der Waals surface area contributed by atoms with Gasteiger partial charge in [-0.05, 0) is 43.6 Å². The summed E-state index contributed by atoms with van der Waals surface area (Å²) in [6.07, 6.45) is 10.2. The molecular weight excluding hydrogens is 182 g/mol. The molecule has 3 unspecified atom stereocenters. The Kier molecular flexibility index (Phi) is 4.07. The molecule has 2 aliphatic rings. The fourth-order valence-electron chi connectivity index (χ4n) is 3.78. The van der Waals surface area contributed by atoms with Gasteiger partial charge in [-0.25, -0.2) is 0 Å². The number of hydrogen-bond acceptors (Lipinski definition) is 1. The van der Waals surface area contributed by atoms with Crippen LogP contribution in [0.25, 0.3) is 0 Å². The van der Waals surface area contributed by atoms with Gasteiger partial charge in [0, 0.05) is 6.04 Å². The van der Waals surface area contributed by atoms with Gasteiger partial charge >= 0.3 is 0 Å². The van der Waals surface area contributed by atoms with Crippen LogP contribution in [0.3, 0.4) is 0 Å². The molecule has 0 aromatic heterocycles. The van der Waals surface area contributed by atoms with E-state index in [-0.39, 0.29) is 0 Å². The maximum atomic E-state index is 3.73. The summed E-state index contributed by atoms with van der Waals surface area (Å²) in [4.78, 5) is 0. The minimum atomic E-state index is 0.858. The maximum absolute atomic E-state index is 3.73. The zero-order valence-corrected chi connectivity index (χ0v) is 10.5. The largest absolute Gasteiger partial charge is 0.314 e. The number of unbranched alkanes of at least 4 members (excludes halogenated alkanes) is 2. The van der Waals surface area contributed by atoms with Crippen LogP contribution in [0, 0.1) is 17.8 Å². The van der Waals surface area contributed by atoms with Gasteiger partial charge in [-0.3, -0.25) is 0 Å². The lowest BCUT2D eigenvalue weighted by Crippen LogP contribution is -2.32. The summed E-state index contributed by atoms with van der Waals surface area (Å²) in [6.45, 7) is 5.71. The van der Waals surface area contributed by atoms with Gasteiger partial charge in [-0.2, -0.15) is 0 Å². The van der Waals surface area contributed by atoms with Crippen molar-refractivity contribution in [1.82, 2.24) is 5.32 Å². The van der Waals surface area contributed by atoms with Crippen LogP contribution < -0.4 is 5.32 Å². The molecule has 0 aromatic rings. The van der Waals surface area contributed by atoms with E-state index in [1.165, 1.54) is 44.9 Å². The fourth-order valence-corrected chi connectivity index (χ4v) is 3.78. The maximum Gasteiger partial charge on any atom is 0.0101 e. The minimum absolute atomic E-state index is 0.858. The van der Waals surface area contributed by atoms with Gasteiger partial charge in [-0.1, -0.05) is 39.5 Å². The molecule has 15 heavy (non-hydrogen) atoms. The van der Waals surface area contributed by atoms with Gasteiger partial charge in [0.15, 0.2) is 0 Å². The molecule has 88 valence electrons. The van der Waals surface area contributed by atoms with Crippen molar-refractivity contribution in [2.75, 3.05) is 6.54 Å². The van der Waals surface area contributed by atoms with Gasteiger partial charge in [0.2, 0.25) is 0 Å². The van der Waals surface area contributed by atoms with Crippen LogP contribution in [0.4, 0.5) is 0 Å². The highest BCUT2D eigenvalue weighted by molar-refractivity contribution is 5.06. The molecule has 1 nitrogen and oxygen atoms in total. The van der Waals surface area contributed by atoms with Crippen molar-refractivity contribution in [1.29, 1.82) is 0 Å². The van der Waals surface area contributed by atoms with Crippen molar-refractivity contribution in [3.05, 3.63) is 0 Å². The van der Waals surface area contributed by atoms with E-state index in [9.17, 15) is 0 Å². The first-order valence-electron chi connectivity index (χ1n) is 7.11. The Morgan fingerprint density at radius 3 is 2.47 bits per heavy atom. The predicted octanol–water partition coefficient (Wildman–Crippen LogP) is 3.59. The van der Waals surface area contributed by atoms with Crippen LogP contribution in [0.15, 0.2) is 0 Å². The summed E-state index contributed by atoms with van der Waals surface area (Å²) >= 11 is 0. The van der Waals surface area contributed by atoms with E-state index in [1.807, 2.05) is 0 Å². The smallest absolute Gasteiger partial charge is 0.0101 e. The van der Waals surface area contributed by atoms with Crippen molar-refractivity contribution in [2.45, 2.75) is 64.8 Å². The number of fused-ring (bicyclic) bond motifs is 1. The molecular formula is C14H27N. The zero-order chi connectivity index (χ0) is 10.7. The van der Waals surface area contributed by atoms with Gasteiger partial charge in [0.1, 0.15) is 0 Å². The topological polar surface area (TPSA) is 12.0 Å². The lowest BCUT2D eigenvalue weighted by molar-refractivity contribution is 0.380. The summed E-state index contributed by atoms with van der Waals surface area (Å²) < 4.78 is 0. The molecule has 0 aromatic carbocycles. The van der Waals surface area contributed by atoms with E-state index in [0.717, 1.165) is 30.3 Å². The van der Waals surface area contributed by atoms with Gasteiger partial charge in [0.25, 0.3) is 0 Å². The molecule has 2 fully saturated rings. The number of nitrogens with one attached hydrogen (secondary N) is 1. The molecule has 0 bridgehead atoms. The fraction of sp³-hybridized carbons (Fsp3) is 1.00. The van der Waals surface area contributed by atoms with Gasteiger partial charge in [-0.15, -0.1) is 0 Å². The number of rotatable bonds is 7. The van der Waals surface area contributed by atoms with Crippen molar-refractivity contribution < 1.29 is 0 Å². The molecule has 3 atom stereocenters.